The number of hydrogen-bond acceptors (Lipinski definition) is 3. The molecule has 0 aliphatic heterocycles. The average molecular weight is 690 g/mol. The molecule has 0 saturated heterocycles. The van der Waals surface area contributed by atoms with E-state index in [4.69, 9.17) is 4.99 Å². The zero-order valence-corrected chi connectivity index (χ0v) is 29.3. The lowest BCUT2D eigenvalue weighted by Gasteiger charge is -2.11. The van der Waals surface area contributed by atoms with Crippen molar-refractivity contribution >= 4 is 105 Å². The second-order valence-electron chi connectivity index (χ2n) is 13.0. The summed E-state index contributed by atoms with van der Waals surface area (Å²) in [6.45, 7) is 4.51. The lowest BCUT2D eigenvalue weighted by molar-refractivity contribution is 1.07. The van der Waals surface area contributed by atoms with E-state index in [0.29, 0.717) is 12.4 Å². The molecule has 0 atom stereocenters. The molecule has 1 aliphatic rings. The third-order valence-corrected chi connectivity index (χ3v) is 12.5. The first-order valence-electron chi connectivity index (χ1n) is 17.2. The predicted octanol–water partition coefficient (Wildman–Crippen LogP) is 13.0. The third kappa shape index (κ3) is 4.92. The van der Waals surface area contributed by atoms with Crippen molar-refractivity contribution in [3.8, 4) is 5.69 Å². The van der Waals surface area contributed by atoms with Gasteiger partial charge in [-0.25, -0.2) is 4.99 Å². The standard InChI is InChI=1S/C46H31N3S2/c1-47-46(48-28-29-11-3-2-4-12-29)37-24-21-31(27-38-34-14-7-10-18-42(34)50-44(37)38)30-19-22-32(23-20-30)49-39-16-8-5-15-36(39)43-40(49)26-25-35-33-13-6-9-17-41(33)51-45(35)43/h2-20,22-27H,1,21,28H2. The summed E-state index contributed by atoms with van der Waals surface area (Å²) in [6, 6.07) is 50.3. The maximum Gasteiger partial charge on any atom is 0.155 e. The molecule has 10 rings (SSSR count). The SMILES string of the molecule is C=NC(=NCc1ccccc1)C1=CCC(c2ccc(-n3c4ccccc4c4c5sc6ccccc6c5ccc43)cc2)=Cc2c1sc1ccccc21. The molecule has 0 saturated carbocycles. The first kappa shape index (κ1) is 30.0. The van der Waals surface area contributed by atoms with Gasteiger partial charge >= 0.3 is 0 Å². The third-order valence-electron chi connectivity index (χ3n) is 10.0. The predicted molar refractivity (Wildman–Crippen MR) is 223 cm³/mol. The summed E-state index contributed by atoms with van der Waals surface area (Å²) in [4.78, 5) is 10.6. The molecular weight excluding hydrogens is 659 g/mol. The van der Waals surface area contributed by atoms with Crippen LogP contribution in [-0.2, 0) is 6.54 Å². The first-order chi connectivity index (χ1) is 25.2. The Morgan fingerprint density at radius 3 is 2.16 bits per heavy atom. The average Bonchev–Trinajstić information content (AvgIpc) is 3.81. The highest BCUT2D eigenvalue weighted by Gasteiger charge is 2.22. The molecule has 0 N–H and O–H groups in total. The monoisotopic (exact) mass is 689 g/mol. The van der Waals surface area contributed by atoms with Crippen LogP contribution in [-0.4, -0.2) is 17.1 Å². The molecule has 51 heavy (non-hydrogen) atoms. The van der Waals surface area contributed by atoms with E-state index in [1.54, 1.807) is 11.3 Å². The van der Waals surface area contributed by atoms with Crippen LogP contribution in [0.4, 0.5) is 0 Å². The maximum absolute atomic E-state index is 4.97. The summed E-state index contributed by atoms with van der Waals surface area (Å²) in [6.07, 6.45) is 5.44. The Labute approximate surface area is 303 Å². The van der Waals surface area contributed by atoms with E-state index in [2.05, 4.69) is 150 Å². The zero-order valence-electron chi connectivity index (χ0n) is 27.7. The van der Waals surface area contributed by atoms with Gasteiger partial charge in [-0.1, -0.05) is 109 Å². The number of hydrogen-bond donors (Lipinski definition) is 0. The summed E-state index contributed by atoms with van der Waals surface area (Å²) in [7, 11) is 0. The maximum atomic E-state index is 4.97. The zero-order chi connectivity index (χ0) is 33.9. The molecule has 0 radical (unpaired) electrons. The number of rotatable bonds is 5. The Bertz CT molecular complexity index is 2920. The summed E-state index contributed by atoms with van der Waals surface area (Å²) < 4.78 is 6.36. The molecule has 6 aromatic carbocycles. The van der Waals surface area contributed by atoms with Gasteiger partial charge in [0.25, 0.3) is 0 Å². The molecule has 3 nitrogen and oxygen atoms in total. The van der Waals surface area contributed by atoms with Crippen molar-refractivity contribution in [2.75, 3.05) is 0 Å². The van der Waals surface area contributed by atoms with Crippen LogP contribution in [0.2, 0.25) is 0 Å². The molecule has 0 spiro atoms. The quantitative estimate of drug-likeness (QED) is 0.127. The Morgan fingerprint density at radius 2 is 1.35 bits per heavy atom. The lowest BCUT2D eigenvalue weighted by atomic mass is 10.00. The van der Waals surface area contributed by atoms with Crippen molar-refractivity contribution in [3.63, 3.8) is 0 Å². The lowest BCUT2D eigenvalue weighted by Crippen LogP contribution is -1.99. The van der Waals surface area contributed by atoms with Crippen molar-refractivity contribution in [1.29, 1.82) is 0 Å². The highest BCUT2D eigenvalue weighted by Crippen LogP contribution is 2.44. The van der Waals surface area contributed by atoms with Crippen molar-refractivity contribution in [2.45, 2.75) is 13.0 Å². The smallest absolute Gasteiger partial charge is 0.155 e. The van der Waals surface area contributed by atoms with Gasteiger partial charge in [-0.3, -0.25) is 4.99 Å². The second-order valence-corrected chi connectivity index (χ2v) is 15.1. The summed E-state index contributed by atoms with van der Waals surface area (Å²) in [5, 5.41) is 6.53. The number of nitrogens with zero attached hydrogens (tertiary/aromatic N) is 3. The van der Waals surface area contributed by atoms with E-state index in [9.17, 15) is 0 Å². The van der Waals surface area contributed by atoms with Crippen LogP contribution < -0.4 is 0 Å². The number of amidine groups is 1. The second kappa shape index (κ2) is 12.2. The van der Waals surface area contributed by atoms with Crippen molar-refractivity contribution < 1.29 is 0 Å². The molecule has 3 aromatic heterocycles. The van der Waals surface area contributed by atoms with Gasteiger partial charge in [0.1, 0.15) is 0 Å². The number of fused-ring (bicyclic) bond motifs is 10. The molecule has 0 bridgehead atoms. The van der Waals surface area contributed by atoms with Crippen LogP contribution in [0.25, 0.3) is 75.0 Å². The van der Waals surface area contributed by atoms with Gasteiger partial charge in [0.2, 0.25) is 0 Å². The van der Waals surface area contributed by atoms with Crippen LogP contribution >= 0.6 is 22.7 Å². The van der Waals surface area contributed by atoms with Gasteiger partial charge in [0.15, 0.2) is 5.84 Å². The molecule has 0 unspecified atom stereocenters. The summed E-state index contributed by atoms with van der Waals surface area (Å²) in [5.41, 5.74) is 9.52. The van der Waals surface area contributed by atoms with Crippen LogP contribution in [0.1, 0.15) is 28.0 Å². The van der Waals surface area contributed by atoms with Gasteiger partial charge < -0.3 is 4.57 Å². The van der Waals surface area contributed by atoms with E-state index in [1.165, 1.54) is 73.6 Å². The van der Waals surface area contributed by atoms with E-state index in [0.717, 1.165) is 23.2 Å². The first-order valence-corrected chi connectivity index (χ1v) is 18.8. The fraction of sp³-hybridized carbons (Fsp3) is 0.0435. The Kier molecular flexibility index (Phi) is 7.15. The van der Waals surface area contributed by atoms with Crippen molar-refractivity contribution in [3.05, 3.63) is 167 Å². The number of allylic oxidation sites excluding steroid dienone is 2. The fourth-order valence-electron chi connectivity index (χ4n) is 7.65. The van der Waals surface area contributed by atoms with E-state index in [-0.39, 0.29) is 0 Å². The number of para-hydroxylation sites is 1. The van der Waals surface area contributed by atoms with E-state index >= 15 is 0 Å². The molecule has 0 amide bonds. The van der Waals surface area contributed by atoms with Crippen LogP contribution in [0.3, 0.4) is 0 Å². The molecule has 5 heteroatoms. The molecule has 1 aliphatic carbocycles. The normalized spacial score (nSPS) is 13.5. The number of aromatic nitrogens is 1. The highest BCUT2D eigenvalue weighted by atomic mass is 32.1. The fourth-order valence-corrected chi connectivity index (χ4v) is 10.1. The number of benzene rings is 6. The van der Waals surface area contributed by atoms with E-state index < -0.39 is 0 Å². The van der Waals surface area contributed by atoms with Gasteiger partial charge in [-0.05, 0) is 72.3 Å². The minimum Gasteiger partial charge on any atom is -0.309 e. The molecule has 9 aromatic rings. The van der Waals surface area contributed by atoms with Gasteiger partial charge in [0.05, 0.1) is 17.6 Å². The van der Waals surface area contributed by atoms with Gasteiger partial charge in [-0.15, -0.1) is 22.7 Å². The molecule has 242 valence electrons. The van der Waals surface area contributed by atoms with Gasteiger partial charge in [0, 0.05) is 62.7 Å². The minimum absolute atomic E-state index is 0.561. The molecule has 3 heterocycles. The molecule has 0 fully saturated rings. The summed E-state index contributed by atoms with van der Waals surface area (Å²) in [5.74, 6) is 0.691. The summed E-state index contributed by atoms with van der Waals surface area (Å²) >= 11 is 3.70. The topological polar surface area (TPSA) is 29.6 Å². The van der Waals surface area contributed by atoms with Crippen LogP contribution in [0, 0.1) is 0 Å². The van der Waals surface area contributed by atoms with E-state index in [1.807, 2.05) is 29.5 Å². The van der Waals surface area contributed by atoms with Crippen molar-refractivity contribution in [2.24, 2.45) is 9.98 Å². The van der Waals surface area contributed by atoms with Crippen LogP contribution in [0.15, 0.2) is 156 Å². The highest BCUT2D eigenvalue weighted by molar-refractivity contribution is 7.26. The minimum atomic E-state index is 0.561. The van der Waals surface area contributed by atoms with Gasteiger partial charge in [-0.2, -0.15) is 0 Å². The largest absolute Gasteiger partial charge is 0.309 e. The Hall–Kier alpha value is -5.88. The number of aliphatic imine (C=N–C) groups is 2. The van der Waals surface area contributed by atoms with Crippen molar-refractivity contribution in [1.82, 2.24) is 4.57 Å². The Morgan fingerprint density at radius 1 is 0.647 bits per heavy atom. The van der Waals surface area contributed by atoms with Crippen LogP contribution in [0.5, 0.6) is 0 Å². The Balaban J connectivity index is 1.08. The number of thiophene rings is 2. The molecular formula is C46H31N3S2.